The third-order valence-corrected chi connectivity index (χ3v) is 3.01. The smallest absolute Gasteiger partial charge is 0.156 e. The summed E-state index contributed by atoms with van der Waals surface area (Å²) in [6, 6.07) is 8.51. The fourth-order valence-electron chi connectivity index (χ4n) is 1.91. The lowest BCUT2D eigenvalue weighted by atomic mass is 10.1. The van der Waals surface area contributed by atoms with Crippen LogP contribution in [0.1, 0.15) is 20.3 Å². The highest BCUT2D eigenvalue weighted by atomic mass is 79.9. The third-order valence-electron chi connectivity index (χ3n) is 2.63. The van der Waals surface area contributed by atoms with Crippen LogP contribution in [0.5, 0.6) is 0 Å². The molecule has 2 rings (SSSR count). The summed E-state index contributed by atoms with van der Waals surface area (Å²) in [4.78, 5) is 0.493. The van der Waals surface area contributed by atoms with Crippen molar-refractivity contribution in [2.45, 2.75) is 31.1 Å². The number of hydrogen-bond acceptors (Lipinski definition) is 3. The van der Waals surface area contributed by atoms with Crippen LogP contribution in [0.4, 0.5) is 5.82 Å². The summed E-state index contributed by atoms with van der Waals surface area (Å²) in [5.74, 6) is 0.865. The van der Waals surface area contributed by atoms with Crippen LogP contribution >= 0.6 is 15.9 Å². The Morgan fingerprint density at radius 3 is 2.82 bits per heavy atom. The first kappa shape index (κ1) is 12.3. The highest BCUT2D eigenvalue weighted by molar-refractivity contribution is 9.09. The number of benzene rings is 1. The molecule has 0 spiro atoms. The van der Waals surface area contributed by atoms with Crippen LogP contribution in [-0.4, -0.2) is 21.1 Å². The molecule has 0 fully saturated rings. The van der Waals surface area contributed by atoms with Gasteiger partial charge in [0.1, 0.15) is 0 Å². The number of anilines is 1. The molecule has 90 valence electrons. The Morgan fingerprint density at radius 2 is 2.06 bits per heavy atom. The second-order valence-electron chi connectivity index (χ2n) is 4.34. The lowest BCUT2D eigenvalue weighted by Gasteiger charge is -2.16. The fourth-order valence-corrected chi connectivity index (χ4v) is 2.47. The number of nitrogens with zero attached hydrogens (tertiary/aromatic N) is 2. The minimum Gasteiger partial charge on any atom is -0.366 e. The molecule has 1 heterocycles. The van der Waals surface area contributed by atoms with Gasteiger partial charge in [0.15, 0.2) is 5.82 Å². The molecule has 2 atom stereocenters. The van der Waals surface area contributed by atoms with Gasteiger partial charge in [0.2, 0.25) is 0 Å². The Labute approximate surface area is 110 Å². The quantitative estimate of drug-likeness (QED) is 0.875. The zero-order valence-electron chi connectivity index (χ0n) is 10.0. The van der Waals surface area contributed by atoms with Crippen LogP contribution in [0.15, 0.2) is 30.5 Å². The van der Waals surface area contributed by atoms with Crippen molar-refractivity contribution in [2.75, 3.05) is 5.32 Å². The van der Waals surface area contributed by atoms with E-state index in [2.05, 4.69) is 51.4 Å². The molecular formula is C13H16BrN3. The lowest BCUT2D eigenvalue weighted by Crippen LogP contribution is -2.19. The van der Waals surface area contributed by atoms with Gasteiger partial charge in [0, 0.05) is 21.6 Å². The maximum atomic E-state index is 4.18. The first-order chi connectivity index (χ1) is 8.16. The zero-order valence-corrected chi connectivity index (χ0v) is 11.6. The van der Waals surface area contributed by atoms with Crippen molar-refractivity contribution in [1.29, 1.82) is 0 Å². The van der Waals surface area contributed by atoms with E-state index in [0.717, 1.165) is 23.0 Å². The van der Waals surface area contributed by atoms with Crippen LogP contribution in [0.3, 0.4) is 0 Å². The van der Waals surface area contributed by atoms with Gasteiger partial charge < -0.3 is 5.32 Å². The van der Waals surface area contributed by atoms with Crippen LogP contribution in [0, 0.1) is 0 Å². The molecule has 0 aliphatic heterocycles. The van der Waals surface area contributed by atoms with E-state index >= 15 is 0 Å². The van der Waals surface area contributed by atoms with Crippen LogP contribution in [-0.2, 0) is 0 Å². The number of halogens is 1. The number of rotatable bonds is 4. The van der Waals surface area contributed by atoms with E-state index in [1.54, 1.807) is 6.20 Å². The normalized spacial score (nSPS) is 14.5. The molecule has 1 N–H and O–H groups in total. The number of nitrogens with one attached hydrogen (secondary N) is 1. The third kappa shape index (κ3) is 3.16. The molecule has 17 heavy (non-hydrogen) atoms. The van der Waals surface area contributed by atoms with Crippen LogP contribution < -0.4 is 5.32 Å². The predicted octanol–water partition coefficient (Wildman–Crippen LogP) is 3.60. The van der Waals surface area contributed by atoms with Crippen molar-refractivity contribution in [3.8, 4) is 0 Å². The van der Waals surface area contributed by atoms with Crippen molar-refractivity contribution in [3.63, 3.8) is 0 Å². The van der Waals surface area contributed by atoms with Crippen molar-refractivity contribution >= 4 is 32.5 Å². The van der Waals surface area contributed by atoms with Crippen molar-refractivity contribution in [3.05, 3.63) is 30.5 Å². The minimum absolute atomic E-state index is 0.365. The average molecular weight is 294 g/mol. The molecule has 2 aromatic rings. The summed E-state index contributed by atoms with van der Waals surface area (Å²) >= 11 is 3.56. The summed E-state index contributed by atoms with van der Waals surface area (Å²) in [5.41, 5.74) is 0. The number of hydrogen-bond donors (Lipinski definition) is 1. The average Bonchev–Trinajstić information content (AvgIpc) is 2.28. The molecule has 1 aromatic carbocycles. The van der Waals surface area contributed by atoms with E-state index in [1.165, 1.54) is 0 Å². The Hall–Kier alpha value is -1.16. The standard InChI is InChI=1S/C13H16BrN3/c1-9(14)7-10(2)16-13-12-6-4-3-5-11(12)8-15-17-13/h3-6,8-10H,7H2,1-2H3,(H,16,17). The lowest BCUT2D eigenvalue weighted by molar-refractivity contribution is 0.704. The van der Waals surface area contributed by atoms with E-state index in [-0.39, 0.29) is 0 Å². The van der Waals surface area contributed by atoms with Crippen molar-refractivity contribution < 1.29 is 0 Å². The Kier molecular flexibility index (Phi) is 3.94. The molecule has 4 heteroatoms. The molecule has 0 bridgehead atoms. The van der Waals surface area contributed by atoms with Gasteiger partial charge in [-0.3, -0.25) is 0 Å². The summed E-state index contributed by atoms with van der Waals surface area (Å²) in [7, 11) is 0. The largest absolute Gasteiger partial charge is 0.366 e. The molecule has 0 amide bonds. The van der Waals surface area contributed by atoms with Crippen molar-refractivity contribution in [1.82, 2.24) is 10.2 Å². The zero-order chi connectivity index (χ0) is 12.3. The molecule has 1 aromatic heterocycles. The fraction of sp³-hybridized carbons (Fsp3) is 0.385. The maximum absolute atomic E-state index is 4.18. The van der Waals surface area contributed by atoms with Crippen LogP contribution in [0.25, 0.3) is 10.8 Å². The minimum atomic E-state index is 0.365. The highest BCUT2D eigenvalue weighted by Crippen LogP contribution is 2.21. The van der Waals surface area contributed by atoms with E-state index in [0.29, 0.717) is 10.9 Å². The van der Waals surface area contributed by atoms with Crippen molar-refractivity contribution in [2.24, 2.45) is 0 Å². The molecule has 0 saturated carbocycles. The molecule has 0 saturated heterocycles. The summed E-state index contributed by atoms with van der Waals surface area (Å²) in [5, 5.41) is 13.8. The van der Waals surface area contributed by atoms with Gasteiger partial charge in [-0.25, -0.2) is 0 Å². The predicted molar refractivity (Wildman–Crippen MR) is 75.6 cm³/mol. The molecular weight excluding hydrogens is 278 g/mol. The van der Waals surface area contributed by atoms with Gasteiger partial charge in [0.05, 0.1) is 6.20 Å². The van der Waals surface area contributed by atoms with E-state index in [1.807, 2.05) is 18.2 Å². The summed E-state index contributed by atoms with van der Waals surface area (Å²) < 4.78 is 0. The van der Waals surface area contributed by atoms with Crippen LogP contribution in [0.2, 0.25) is 0 Å². The SMILES string of the molecule is CC(Br)CC(C)Nc1nncc2ccccc12. The molecule has 0 radical (unpaired) electrons. The van der Waals surface area contributed by atoms with Gasteiger partial charge in [0.25, 0.3) is 0 Å². The maximum Gasteiger partial charge on any atom is 0.156 e. The Balaban J connectivity index is 2.24. The van der Waals surface area contributed by atoms with Gasteiger partial charge >= 0.3 is 0 Å². The second kappa shape index (κ2) is 5.45. The highest BCUT2D eigenvalue weighted by Gasteiger charge is 2.09. The molecule has 3 nitrogen and oxygen atoms in total. The van der Waals surface area contributed by atoms with Gasteiger partial charge in [-0.15, -0.1) is 5.10 Å². The van der Waals surface area contributed by atoms with Gasteiger partial charge in [-0.05, 0) is 13.3 Å². The molecule has 2 unspecified atom stereocenters. The Morgan fingerprint density at radius 1 is 1.29 bits per heavy atom. The van der Waals surface area contributed by atoms with Gasteiger partial charge in [-0.2, -0.15) is 5.10 Å². The molecule has 0 aliphatic rings. The second-order valence-corrected chi connectivity index (χ2v) is 5.91. The topological polar surface area (TPSA) is 37.8 Å². The number of aromatic nitrogens is 2. The summed E-state index contributed by atoms with van der Waals surface area (Å²) in [6.07, 6.45) is 2.84. The van der Waals surface area contributed by atoms with E-state index < -0.39 is 0 Å². The number of fused-ring (bicyclic) bond motifs is 1. The Bertz CT molecular complexity index is 493. The monoisotopic (exact) mass is 293 g/mol. The first-order valence-corrected chi connectivity index (χ1v) is 6.69. The first-order valence-electron chi connectivity index (χ1n) is 5.78. The van der Waals surface area contributed by atoms with E-state index in [9.17, 15) is 0 Å². The van der Waals surface area contributed by atoms with Gasteiger partial charge in [-0.1, -0.05) is 47.1 Å². The molecule has 0 aliphatic carbocycles. The van der Waals surface area contributed by atoms with E-state index in [4.69, 9.17) is 0 Å². The summed E-state index contributed by atoms with van der Waals surface area (Å²) in [6.45, 7) is 4.30. The number of alkyl halides is 1.